The highest BCUT2D eigenvalue weighted by Gasteiger charge is 2.39. The lowest BCUT2D eigenvalue weighted by molar-refractivity contribution is -0.131. The zero-order valence-corrected chi connectivity index (χ0v) is 15.3. The third-order valence-corrected chi connectivity index (χ3v) is 6.38. The van der Waals surface area contributed by atoms with Gasteiger partial charge in [-0.15, -0.1) is 0 Å². The summed E-state index contributed by atoms with van der Waals surface area (Å²) < 4.78 is 36.0. The minimum Gasteiger partial charge on any atom is -0.352 e. The van der Waals surface area contributed by atoms with Gasteiger partial charge in [0.1, 0.15) is 11.9 Å². The topological polar surface area (TPSA) is 113 Å². The summed E-state index contributed by atoms with van der Waals surface area (Å²) in [5, 5.41) is 5.05. The molecule has 0 aromatic heterocycles. The molecule has 4 amide bonds. The van der Waals surface area contributed by atoms with Crippen LogP contribution in [0.4, 0.5) is 9.18 Å². The van der Waals surface area contributed by atoms with Crippen molar-refractivity contribution < 1.29 is 27.2 Å². The second kappa shape index (κ2) is 7.63. The molecule has 1 aromatic carbocycles. The van der Waals surface area contributed by atoms with Gasteiger partial charge in [-0.05, 0) is 30.5 Å². The number of rotatable bonds is 6. The van der Waals surface area contributed by atoms with E-state index in [1.165, 1.54) is 12.1 Å². The average molecular weight is 397 g/mol. The van der Waals surface area contributed by atoms with Gasteiger partial charge in [-0.1, -0.05) is 12.1 Å². The van der Waals surface area contributed by atoms with E-state index in [0.29, 0.717) is 18.4 Å². The Hall–Kier alpha value is -2.49. The summed E-state index contributed by atoms with van der Waals surface area (Å²) in [5.74, 6) is -1.48. The van der Waals surface area contributed by atoms with E-state index < -0.39 is 45.6 Å². The van der Waals surface area contributed by atoms with Gasteiger partial charge in [-0.25, -0.2) is 17.6 Å². The number of benzene rings is 1. The van der Waals surface area contributed by atoms with E-state index >= 15 is 0 Å². The molecule has 0 unspecified atom stereocenters. The van der Waals surface area contributed by atoms with E-state index in [9.17, 15) is 27.2 Å². The predicted octanol–water partition coefficient (Wildman–Crippen LogP) is -0.0180. The van der Waals surface area contributed by atoms with Crippen LogP contribution in [0, 0.1) is 5.82 Å². The molecule has 2 heterocycles. The largest absolute Gasteiger partial charge is 0.352 e. The van der Waals surface area contributed by atoms with Crippen molar-refractivity contribution in [3.8, 4) is 0 Å². The molecule has 0 saturated carbocycles. The van der Waals surface area contributed by atoms with E-state index in [2.05, 4.69) is 10.6 Å². The van der Waals surface area contributed by atoms with Gasteiger partial charge in [0.05, 0.1) is 17.9 Å². The van der Waals surface area contributed by atoms with Crippen LogP contribution in [0.5, 0.6) is 0 Å². The van der Waals surface area contributed by atoms with Crippen LogP contribution in [0.2, 0.25) is 0 Å². The number of imide groups is 1. The van der Waals surface area contributed by atoms with Gasteiger partial charge < -0.3 is 10.6 Å². The molecule has 3 rings (SSSR count). The Morgan fingerprint density at radius 3 is 2.78 bits per heavy atom. The van der Waals surface area contributed by atoms with Crippen molar-refractivity contribution in [1.82, 2.24) is 15.5 Å². The van der Waals surface area contributed by atoms with Crippen molar-refractivity contribution in [2.75, 3.05) is 18.1 Å². The lowest BCUT2D eigenvalue weighted by Gasteiger charge is -2.14. The second-order valence-electron chi connectivity index (χ2n) is 6.74. The smallest absolute Gasteiger partial charge is 0.324 e. The Morgan fingerprint density at radius 1 is 1.33 bits per heavy atom. The molecule has 8 nitrogen and oxygen atoms in total. The summed E-state index contributed by atoms with van der Waals surface area (Å²) in [4.78, 5) is 37.5. The van der Waals surface area contributed by atoms with Crippen LogP contribution in [-0.2, 0) is 25.8 Å². The van der Waals surface area contributed by atoms with Crippen LogP contribution in [-0.4, -0.2) is 61.3 Å². The van der Waals surface area contributed by atoms with Crippen molar-refractivity contribution in [2.24, 2.45) is 0 Å². The zero-order valence-electron chi connectivity index (χ0n) is 14.5. The number of carbonyl (C=O) groups excluding carboxylic acids is 3. The van der Waals surface area contributed by atoms with Crippen molar-refractivity contribution in [2.45, 2.75) is 31.3 Å². The van der Waals surface area contributed by atoms with Gasteiger partial charge in [0.2, 0.25) is 5.91 Å². The SMILES string of the molecule is O=C(C[C@H]1NC(=O)N(CCc2cccc(F)c2)C1=O)N[C@H]1CCS(=O)(=O)C1. The number of nitrogens with zero attached hydrogens (tertiary/aromatic N) is 1. The van der Waals surface area contributed by atoms with Crippen molar-refractivity contribution in [3.63, 3.8) is 0 Å². The molecule has 146 valence electrons. The molecule has 0 spiro atoms. The quantitative estimate of drug-likeness (QED) is 0.655. The van der Waals surface area contributed by atoms with Crippen LogP contribution in [0.25, 0.3) is 0 Å². The molecule has 0 radical (unpaired) electrons. The summed E-state index contributed by atoms with van der Waals surface area (Å²) in [6.45, 7) is 0.0765. The molecule has 2 aliphatic rings. The Labute approximate surface area is 156 Å². The molecule has 2 aliphatic heterocycles. The van der Waals surface area contributed by atoms with Gasteiger partial charge in [0.15, 0.2) is 9.84 Å². The molecule has 0 bridgehead atoms. The normalized spacial score (nSPS) is 24.1. The van der Waals surface area contributed by atoms with E-state index in [4.69, 9.17) is 0 Å². The van der Waals surface area contributed by atoms with Crippen molar-refractivity contribution >= 4 is 27.7 Å². The first-order chi connectivity index (χ1) is 12.7. The number of hydrogen-bond acceptors (Lipinski definition) is 5. The molecule has 1 aromatic rings. The first kappa shape index (κ1) is 19.3. The number of nitrogens with one attached hydrogen (secondary N) is 2. The summed E-state index contributed by atoms with van der Waals surface area (Å²) in [6.07, 6.45) is 0.395. The number of sulfone groups is 1. The van der Waals surface area contributed by atoms with Crippen LogP contribution < -0.4 is 10.6 Å². The standard InChI is InChI=1S/C17H20FN3O5S/c18-12-3-1-2-11(8-12)4-6-21-16(23)14(20-17(21)24)9-15(22)19-13-5-7-27(25,26)10-13/h1-3,8,13-14H,4-7,9-10H2,(H,19,22)(H,20,24)/t13-,14+/m0/s1. The number of urea groups is 1. The molecular formula is C17H20FN3O5S. The highest BCUT2D eigenvalue weighted by atomic mass is 32.2. The average Bonchev–Trinajstić information content (AvgIpc) is 3.04. The maximum Gasteiger partial charge on any atom is 0.324 e. The lowest BCUT2D eigenvalue weighted by Crippen LogP contribution is -2.41. The maximum atomic E-state index is 13.2. The van der Waals surface area contributed by atoms with Gasteiger partial charge in [-0.2, -0.15) is 0 Å². The minimum absolute atomic E-state index is 0.0326. The van der Waals surface area contributed by atoms with Crippen molar-refractivity contribution in [1.29, 1.82) is 0 Å². The van der Waals surface area contributed by atoms with Gasteiger partial charge in [0.25, 0.3) is 5.91 Å². The second-order valence-corrected chi connectivity index (χ2v) is 8.97. The van der Waals surface area contributed by atoms with Crippen LogP contribution in [0.3, 0.4) is 0 Å². The van der Waals surface area contributed by atoms with E-state index in [0.717, 1.165) is 4.90 Å². The summed E-state index contributed by atoms with van der Waals surface area (Å²) >= 11 is 0. The van der Waals surface area contributed by atoms with E-state index in [1.54, 1.807) is 12.1 Å². The lowest BCUT2D eigenvalue weighted by atomic mass is 10.1. The Balaban J connectivity index is 1.52. The number of hydrogen-bond donors (Lipinski definition) is 2. The number of carbonyl (C=O) groups is 3. The van der Waals surface area contributed by atoms with Crippen molar-refractivity contribution in [3.05, 3.63) is 35.6 Å². The zero-order chi connectivity index (χ0) is 19.6. The van der Waals surface area contributed by atoms with Gasteiger partial charge >= 0.3 is 6.03 Å². The molecule has 27 heavy (non-hydrogen) atoms. The summed E-state index contributed by atoms with van der Waals surface area (Å²) in [5.41, 5.74) is 0.652. The van der Waals surface area contributed by atoms with Crippen LogP contribution >= 0.6 is 0 Å². The third-order valence-electron chi connectivity index (χ3n) is 4.61. The molecular weight excluding hydrogens is 377 g/mol. The molecule has 0 aliphatic carbocycles. The van der Waals surface area contributed by atoms with E-state index in [1.807, 2.05) is 0 Å². The monoisotopic (exact) mass is 397 g/mol. The van der Waals surface area contributed by atoms with Gasteiger partial charge in [0, 0.05) is 12.6 Å². The molecule has 2 atom stereocenters. The molecule has 2 saturated heterocycles. The van der Waals surface area contributed by atoms with Crippen LogP contribution in [0.1, 0.15) is 18.4 Å². The van der Waals surface area contributed by atoms with Gasteiger partial charge in [-0.3, -0.25) is 14.5 Å². The summed E-state index contributed by atoms with van der Waals surface area (Å²) in [7, 11) is -3.12. The fourth-order valence-electron chi connectivity index (χ4n) is 3.24. The minimum atomic E-state index is -3.12. The maximum absolute atomic E-state index is 13.2. The predicted molar refractivity (Wildman–Crippen MR) is 94.0 cm³/mol. The Morgan fingerprint density at radius 2 is 2.11 bits per heavy atom. The molecule has 2 fully saturated rings. The van der Waals surface area contributed by atoms with E-state index in [-0.39, 0.29) is 24.5 Å². The fraction of sp³-hybridized carbons (Fsp3) is 0.471. The fourth-order valence-corrected chi connectivity index (χ4v) is 4.91. The Kier molecular flexibility index (Phi) is 5.45. The number of halogens is 1. The first-order valence-electron chi connectivity index (χ1n) is 8.59. The highest BCUT2D eigenvalue weighted by molar-refractivity contribution is 7.91. The highest BCUT2D eigenvalue weighted by Crippen LogP contribution is 2.14. The third kappa shape index (κ3) is 4.82. The molecule has 10 heteroatoms. The number of amides is 4. The Bertz CT molecular complexity index is 873. The van der Waals surface area contributed by atoms with Crippen LogP contribution in [0.15, 0.2) is 24.3 Å². The molecule has 2 N–H and O–H groups in total. The summed E-state index contributed by atoms with van der Waals surface area (Å²) in [6, 6.07) is 3.84. The first-order valence-corrected chi connectivity index (χ1v) is 10.4.